The summed E-state index contributed by atoms with van der Waals surface area (Å²) in [5.41, 5.74) is 2.61. The minimum Gasteiger partial charge on any atom is -0.497 e. The first-order chi connectivity index (χ1) is 10.7. The molecule has 0 bridgehead atoms. The van der Waals surface area contributed by atoms with E-state index in [1.54, 1.807) is 14.2 Å². The summed E-state index contributed by atoms with van der Waals surface area (Å²) in [5, 5.41) is 1.03. The second-order valence-corrected chi connectivity index (χ2v) is 5.79. The molecule has 3 rings (SSSR count). The molecule has 1 saturated heterocycles. The smallest absolute Gasteiger partial charge is 0.270 e. The number of H-pyrrole nitrogens is 1. The van der Waals surface area contributed by atoms with E-state index in [0.717, 1.165) is 41.6 Å². The number of hydrogen-bond acceptors (Lipinski definition) is 3. The number of rotatable bonds is 4. The van der Waals surface area contributed by atoms with E-state index >= 15 is 0 Å². The second kappa shape index (κ2) is 6.01. The molecule has 1 amide bonds. The number of aromatic amines is 1. The minimum atomic E-state index is 0.0622. The number of amides is 1. The highest BCUT2D eigenvalue weighted by molar-refractivity contribution is 6.01. The number of carbonyl (C=O) groups excluding carboxylic acids is 1. The number of methoxy groups -OCH3 is 2. The summed E-state index contributed by atoms with van der Waals surface area (Å²) in [6, 6.07) is 6.00. The second-order valence-electron chi connectivity index (χ2n) is 5.79. The van der Waals surface area contributed by atoms with Gasteiger partial charge in [-0.15, -0.1) is 0 Å². The molecule has 0 spiro atoms. The Balaban J connectivity index is 1.95. The Morgan fingerprint density at radius 1 is 1.41 bits per heavy atom. The molecule has 1 aliphatic heterocycles. The van der Waals surface area contributed by atoms with Crippen LogP contribution < -0.4 is 4.74 Å². The van der Waals surface area contributed by atoms with Gasteiger partial charge in [-0.25, -0.2) is 0 Å². The summed E-state index contributed by atoms with van der Waals surface area (Å²) in [6.45, 7) is 3.37. The van der Waals surface area contributed by atoms with Crippen LogP contribution in [0.5, 0.6) is 5.75 Å². The van der Waals surface area contributed by atoms with Gasteiger partial charge in [0.15, 0.2) is 0 Å². The van der Waals surface area contributed by atoms with Crippen molar-refractivity contribution in [2.75, 3.05) is 27.4 Å². The maximum absolute atomic E-state index is 12.9. The Hall–Kier alpha value is -2.01. The molecule has 0 radical (unpaired) electrons. The number of aromatic nitrogens is 1. The number of carbonyl (C=O) groups is 1. The summed E-state index contributed by atoms with van der Waals surface area (Å²) >= 11 is 0. The minimum absolute atomic E-state index is 0.0622. The summed E-state index contributed by atoms with van der Waals surface area (Å²) in [7, 11) is 3.33. The van der Waals surface area contributed by atoms with Crippen molar-refractivity contribution >= 4 is 16.8 Å². The standard InChI is InChI=1S/C17H22N2O3/c1-11-14-9-13(22-3)6-7-15(14)18-16(11)17(20)19-8-4-5-12(19)10-21-2/h6-7,9,12,18H,4-5,8,10H2,1-3H3/t12-/m1/s1. The molecule has 1 aromatic carbocycles. The van der Waals surface area contributed by atoms with Crippen molar-refractivity contribution in [1.82, 2.24) is 9.88 Å². The van der Waals surface area contributed by atoms with Gasteiger partial charge in [0, 0.05) is 24.6 Å². The average molecular weight is 302 g/mol. The summed E-state index contributed by atoms with van der Waals surface area (Å²) < 4.78 is 10.5. The van der Waals surface area contributed by atoms with E-state index in [0.29, 0.717) is 12.3 Å². The van der Waals surface area contributed by atoms with E-state index < -0.39 is 0 Å². The molecule has 0 saturated carbocycles. The van der Waals surface area contributed by atoms with Gasteiger partial charge >= 0.3 is 0 Å². The molecule has 1 N–H and O–H groups in total. The fourth-order valence-corrected chi connectivity index (χ4v) is 3.26. The van der Waals surface area contributed by atoms with E-state index in [-0.39, 0.29) is 11.9 Å². The van der Waals surface area contributed by atoms with Crippen LogP contribution in [-0.2, 0) is 4.74 Å². The van der Waals surface area contributed by atoms with Crippen LogP contribution in [0.1, 0.15) is 28.9 Å². The molecule has 0 aliphatic carbocycles. The average Bonchev–Trinajstić information content (AvgIpc) is 3.12. The van der Waals surface area contributed by atoms with E-state index in [9.17, 15) is 4.79 Å². The van der Waals surface area contributed by atoms with E-state index in [1.807, 2.05) is 30.0 Å². The van der Waals surface area contributed by atoms with Crippen molar-refractivity contribution in [3.63, 3.8) is 0 Å². The zero-order chi connectivity index (χ0) is 15.7. The Morgan fingerprint density at radius 3 is 2.95 bits per heavy atom. The number of ether oxygens (including phenoxy) is 2. The predicted octanol–water partition coefficient (Wildman–Crippen LogP) is 2.74. The van der Waals surface area contributed by atoms with Gasteiger partial charge in [0.05, 0.1) is 19.8 Å². The Morgan fingerprint density at radius 2 is 2.23 bits per heavy atom. The lowest BCUT2D eigenvalue weighted by atomic mass is 10.1. The van der Waals surface area contributed by atoms with Crippen molar-refractivity contribution in [2.45, 2.75) is 25.8 Å². The lowest BCUT2D eigenvalue weighted by Crippen LogP contribution is -2.38. The number of likely N-dealkylation sites (tertiary alicyclic amines) is 1. The first-order valence-corrected chi connectivity index (χ1v) is 7.62. The monoisotopic (exact) mass is 302 g/mol. The van der Waals surface area contributed by atoms with Crippen molar-refractivity contribution in [2.24, 2.45) is 0 Å². The van der Waals surface area contributed by atoms with Crippen LogP contribution in [0.25, 0.3) is 10.9 Å². The molecule has 1 aliphatic rings. The molecule has 5 nitrogen and oxygen atoms in total. The Bertz CT molecular complexity index is 693. The van der Waals surface area contributed by atoms with Crippen molar-refractivity contribution in [3.05, 3.63) is 29.5 Å². The normalized spacial score (nSPS) is 18.1. The molecular formula is C17H22N2O3. The Kier molecular flexibility index (Phi) is 4.07. The third-order valence-corrected chi connectivity index (χ3v) is 4.48. The van der Waals surface area contributed by atoms with Gasteiger partial charge in [0.1, 0.15) is 11.4 Å². The molecule has 1 aromatic heterocycles. The van der Waals surface area contributed by atoms with Gasteiger partial charge in [0.25, 0.3) is 5.91 Å². The fourth-order valence-electron chi connectivity index (χ4n) is 3.26. The van der Waals surface area contributed by atoms with Crippen molar-refractivity contribution in [1.29, 1.82) is 0 Å². The molecule has 2 heterocycles. The van der Waals surface area contributed by atoms with E-state index in [1.165, 1.54) is 0 Å². The maximum atomic E-state index is 12.9. The number of nitrogens with one attached hydrogen (secondary N) is 1. The molecule has 2 aromatic rings. The molecule has 1 atom stereocenters. The number of hydrogen-bond donors (Lipinski definition) is 1. The molecular weight excluding hydrogens is 280 g/mol. The fraction of sp³-hybridized carbons (Fsp3) is 0.471. The molecule has 22 heavy (non-hydrogen) atoms. The number of nitrogens with zero attached hydrogens (tertiary/aromatic N) is 1. The van der Waals surface area contributed by atoms with Gasteiger partial charge in [-0.2, -0.15) is 0 Å². The molecule has 1 fully saturated rings. The highest BCUT2D eigenvalue weighted by Gasteiger charge is 2.31. The highest BCUT2D eigenvalue weighted by Crippen LogP contribution is 2.28. The quantitative estimate of drug-likeness (QED) is 0.945. The highest BCUT2D eigenvalue weighted by atomic mass is 16.5. The zero-order valence-corrected chi connectivity index (χ0v) is 13.3. The summed E-state index contributed by atoms with van der Waals surface area (Å²) in [5.74, 6) is 0.860. The Labute approximate surface area is 130 Å². The van der Waals surface area contributed by atoms with Gasteiger partial charge in [-0.1, -0.05) is 0 Å². The summed E-state index contributed by atoms with van der Waals surface area (Å²) in [6.07, 6.45) is 2.04. The summed E-state index contributed by atoms with van der Waals surface area (Å²) in [4.78, 5) is 18.1. The third-order valence-electron chi connectivity index (χ3n) is 4.48. The third kappa shape index (κ3) is 2.46. The van der Waals surface area contributed by atoms with Gasteiger partial charge in [-0.3, -0.25) is 4.79 Å². The van der Waals surface area contributed by atoms with Crippen LogP contribution in [0.4, 0.5) is 0 Å². The van der Waals surface area contributed by atoms with E-state index in [4.69, 9.17) is 9.47 Å². The number of aryl methyl sites for hydroxylation is 1. The molecule has 0 unspecified atom stereocenters. The van der Waals surface area contributed by atoms with Crippen molar-refractivity contribution in [3.8, 4) is 5.75 Å². The van der Waals surface area contributed by atoms with Crippen molar-refractivity contribution < 1.29 is 14.3 Å². The first-order valence-electron chi connectivity index (χ1n) is 7.62. The molecule has 118 valence electrons. The maximum Gasteiger partial charge on any atom is 0.270 e. The van der Waals surface area contributed by atoms with Crippen LogP contribution >= 0.6 is 0 Å². The first kappa shape index (κ1) is 14.9. The number of benzene rings is 1. The van der Waals surface area contributed by atoms with E-state index in [2.05, 4.69) is 4.98 Å². The van der Waals surface area contributed by atoms with Crippen LogP contribution in [0.15, 0.2) is 18.2 Å². The topological polar surface area (TPSA) is 54.6 Å². The zero-order valence-electron chi connectivity index (χ0n) is 13.3. The van der Waals surface area contributed by atoms with Crippen LogP contribution in [0.2, 0.25) is 0 Å². The lowest BCUT2D eigenvalue weighted by Gasteiger charge is -2.23. The van der Waals surface area contributed by atoms with Crippen LogP contribution in [0, 0.1) is 6.92 Å². The lowest BCUT2D eigenvalue weighted by molar-refractivity contribution is 0.0625. The van der Waals surface area contributed by atoms with Crippen LogP contribution in [-0.4, -0.2) is 49.2 Å². The largest absolute Gasteiger partial charge is 0.497 e. The van der Waals surface area contributed by atoms with Gasteiger partial charge in [-0.05, 0) is 43.5 Å². The number of fused-ring (bicyclic) bond motifs is 1. The predicted molar refractivity (Wildman–Crippen MR) is 85.5 cm³/mol. The molecule has 5 heteroatoms. The van der Waals surface area contributed by atoms with Crippen LogP contribution in [0.3, 0.4) is 0 Å². The van der Waals surface area contributed by atoms with Gasteiger partial charge in [0.2, 0.25) is 0 Å². The SMILES string of the molecule is COC[C@H]1CCCN1C(=O)c1[nH]c2ccc(OC)cc2c1C. The van der Waals surface area contributed by atoms with Gasteiger partial charge < -0.3 is 19.4 Å².